The van der Waals surface area contributed by atoms with Crippen LogP contribution in [0.2, 0.25) is 0 Å². The summed E-state index contributed by atoms with van der Waals surface area (Å²) in [7, 11) is 3.30. The fourth-order valence-corrected chi connectivity index (χ4v) is 3.03. The Balaban J connectivity index is 1.52. The average Bonchev–Trinajstić information content (AvgIpc) is 2.68. The lowest BCUT2D eigenvalue weighted by atomic mass is 10.1. The molecule has 3 rings (SSSR count). The minimum absolute atomic E-state index is 0.153. The molecule has 25 heavy (non-hydrogen) atoms. The van der Waals surface area contributed by atoms with Gasteiger partial charge >= 0.3 is 0 Å². The van der Waals surface area contributed by atoms with Gasteiger partial charge in [-0.1, -0.05) is 0 Å². The second-order valence-electron chi connectivity index (χ2n) is 6.11. The van der Waals surface area contributed by atoms with Gasteiger partial charge in [-0.3, -0.25) is 9.69 Å². The number of hydrogen-bond acceptors (Lipinski definition) is 5. The average molecular weight is 340 g/mol. The van der Waals surface area contributed by atoms with Crippen molar-refractivity contribution in [1.82, 2.24) is 4.90 Å². The van der Waals surface area contributed by atoms with E-state index in [0.717, 1.165) is 43.2 Å². The zero-order valence-corrected chi connectivity index (χ0v) is 14.8. The number of anilines is 1. The topological polar surface area (TPSA) is 42.0 Å². The van der Waals surface area contributed by atoms with Crippen molar-refractivity contribution in [3.63, 3.8) is 0 Å². The molecule has 0 spiro atoms. The summed E-state index contributed by atoms with van der Waals surface area (Å²) < 4.78 is 10.3. The fraction of sp³-hybridized carbons (Fsp3) is 0.350. The third-order valence-corrected chi connectivity index (χ3v) is 4.59. The molecule has 0 unspecified atom stereocenters. The van der Waals surface area contributed by atoms with Gasteiger partial charge in [0.1, 0.15) is 11.5 Å². The number of Topliss-reactive ketones (excluding diaryl/α,β-unsaturated/α-hetero) is 1. The Morgan fingerprint density at radius 3 is 1.88 bits per heavy atom. The van der Waals surface area contributed by atoms with E-state index in [4.69, 9.17) is 9.47 Å². The number of methoxy groups -OCH3 is 2. The van der Waals surface area contributed by atoms with Gasteiger partial charge in [0.05, 0.1) is 20.8 Å². The van der Waals surface area contributed by atoms with E-state index in [9.17, 15) is 4.79 Å². The lowest BCUT2D eigenvalue weighted by molar-refractivity contribution is 0.0926. The van der Waals surface area contributed by atoms with Crippen LogP contribution in [0.3, 0.4) is 0 Å². The Morgan fingerprint density at radius 2 is 1.36 bits per heavy atom. The molecule has 2 aromatic rings. The van der Waals surface area contributed by atoms with Gasteiger partial charge in [-0.05, 0) is 48.5 Å². The van der Waals surface area contributed by atoms with E-state index in [1.807, 2.05) is 36.4 Å². The second kappa shape index (κ2) is 8.03. The normalized spacial score (nSPS) is 15.0. The van der Waals surface area contributed by atoms with Gasteiger partial charge in [-0.2, -0.15) is 0 Å². The first-order chi connectivity index (χ1) is 12.2. The molecule has 0 atom stereocenters. The monoisotopic (exact) mass is 340 g/mol. The summed E-state index contributed by atoms with van der Waals surface area (Å²) in [5.74, 6) is 1.79. The Kier molecular flexibility index (Phi) is 5.56. The highest BCUT2D eigenvalue weighted by molar-refractivity contribution is 5.97. The predicted molar refractivity (Wildman–Crippen MR) is 99.0 cm³/mol. The summed E-state index contributed by atoms with van der Waals surface area (Å²) in [5.41, 5.74) is 1.93. The summed E-state index contributed by atoms with van der Waals surface area (Å²) >= 11 is 0. The molecule has 5 nitrogen and oxygen atoms in total. The molecule has 1 aliphatic heterocycles. The highest BCUT2D eigenvalue weighted by Gasteiger charge is 2.19. The third kappa shape index (κ3) is 4.31. The lowest BCUT2D eigenvalue weighted by Crippen LogP contribution is -2.48. The van der Waals surface area contributed by atoms with Crippen molar-refractivity contribution in [2.75, 3.05) is 51.8 Å². The van der Waals surface area contributed by atoms with E-state index >= 15 is 0 Å². The van der Waals surface area contributed by atoms with Crippen LogP contribution in [0.5, 0.6) is 11.5 Å². The Bertz CT molecular complexity index is 690. The third-order valence-electron chi connectivity index (χ3n) is 4.59. The Hall–Kier alpha value is -2.53. The number of ether oxygens (including phenoxy) is 2. The van der Waals surface area contributed by atoms with Gasteiger partial charge in [0, 0.05) is 37.4 Å². The quantitative estimate of drug-likeness (QED) is 0.757. The number of rotatable bonds is 6. The van der Waals surface area contributed by atoms with Crippen LogP contribution in [0.4, 0.5) is 5.69 Å². The van der Waals surface area contributed by atoms with Crippen molar-refractivity contribution < 1.29 is 14.3 Å². The molecular weight excluding hydrogens is 316 g/mol. The SMILES string of the molecule is COc1ccc(C(=O)CN2CCN(c3ccc(OC)cc3)CC2)cc1. The van der Waals surface area contributed by atoms with E-state index in [1.54, 1.807) is 14.2 Å². The Morgan fingerprint density at radius 1 is 0.840 bits per heavy atom. The first-order valence-electron chi connectivity index (χ1n) is 8.48. The standard InChI is InChI=1S/C20H24N2O3/c1-24-18-7-3-16(4-8-18)20(23)15-21-11-13-22(14-12-21)17-5-9-19(25-2)10-6-17/h3-10H,11-15H2,1-2H3. The molecule has 1 heterocycles. The minimum Gasteiger partial charge on any atom is -0.497 e. The van der Waals surface area contributed by atoms with Crippen molar-refractivity contribution in [3.05, 3.63) is 54.1 Å². The molecule has 0 N–H and O–H groups in total. The molecule has 0 saturated carbocycles. The second-order valence-corrected chi connectivity index (χ2v) is 6.11. The summed E-state index contributed by atoms with van der Waals surface area (Å²) in [6.07, 6.45) is 0. The van der Waals surface area contributed by atoms with Crippen LogP contribution >= 0.6 is 0 Å². The van der Waals surface area contributed by atoms with Crippen LogP contribution in [-0.4, -0.2) is 57.6 Å². The van der Waals surface area contributed by atoms with Crippen LogP contribution in [0.25, 0.3) is 0 Å². The number of nitrogens with zero attached hydrogens (tertiary/aromatic N) is 2. The zero-order valence-electron chi connectivity index (χ0n) is 14.8. The van der Waals surface area contributed by atoms with E-state index in [2.05, 4.69) is 21.9 Å². The summed E-state index contributed by atoms with van der Waals surface area (Å²) in [5, 5.41) is 0. The molecule has 132 valence electrons. The molecule has 0 aliphatic carbocycles. The number of carbonyl (C=O) groups excluding carboxylic acids is 1. The summed E-state index contributed by atoms with van der Waals surface area (Å²) in [6.45, 7) is 4.06. The zero-order chi connectivity index (χ0) is 17.6. The Labute approximate surface area is 148 Å². The molecule has 0 radical (unpaired) electrons. The van der Waals surface area contributed by atoms with E-state index in [0.29, 0.717) is 6.54 Å². The smallest absolute Gasteiger partial charge is 0.176 e. The highest BCUT2D eigenvalue weighted by atomic mass is 16.5. The molecule has 1 fully saturated rings. The number of piperazine rings is 1. The lowest BCUT2D eigenvalue weighted by Gasteiger charge is -2.35. The van der Waals surface area contributed by atoms with Crippen LogP contribution in [0, 0.1) is 0 Å². The maximum atomic E-state index is 12.4. The van der Waals surface area contributed by atoms with Crippen molar-refractivity contribution in [3.8, 4) is 11.5 Å². The molecule has 1 saturated heterocycles. The molecule has 0 aromatic heterocycles. The van der Waals surface area contributed by atoms with Crippen LogP contribution in [-0.2, 0) is 0 Å². The maximum Gasteiger partial charge on any atom is 0.176 e. The van der Waals surface area contributed by atoms with E-state index < -0.39 is 0 Å². The molecule has 2 aromatic carbocycles. The van der Waals surface area contributed by atoms with Gasteiger partial charge in [-0.15, -0.1) is 0 Å². The van der Waals surface area contributed by atoms with Gasteiger partial charge in [0.15, 0.2) is 5.78 Å². The van der Waals surface area contributed by atoms with Crippen LogP contribution in [0.15, 0.2) is 48.5 Å². The van der Waals surface area contributed by atoms with Crippen molar-refractivity contribution in [1.29, 1.82) is 0 Å². The molecular formula is C20H24N2O3. The maximum absolute atomic E-state index is 12.4. The number of ketones is 1. The first-order valence-corrected chi connectivity index (χ1v) is 8.48. The number of benzene rings is 2. The molecule has 1 aliphatic rings. The number of carbonyl (C=O) groups is 1. The summed E-state index contributed by atoms with van der Waals surface area (Å²) in [4.78, 5) is 17.0. The molecule has 0 bridgehead atoms. The van der Waals surface area contributed by atoms with Gasteiger partial charge in [0.25, 0.3) is 0 Å². The highest BCUT2D eigenvalue weighted by Crippen LogP contribution is 2.20. The van der Waals surface area contributed by atoms with Gasteiger partial charge in [-0.25, -0.2) is 0 Å². The molecule has 0 amide bonds. The van der Waals surface area contributed by atoms with Crippen LogP contribution in [0.1, 0.15) is 10.4 Å². The van der Waals surface area contributed by atoms with Gasteiger partial charge < -0.3 is 14.4 Å². The number of hydrogen-bond donors (Lipinski definition) is 0. The van der Waals surface area contributed by atoms with Crippen LogP contribution < -0.4 is 14.4 Å². The van der Waals surface area contributed by atoms with Crippen molar-refractivity contribution in [2.24, 2.45) is 0 Å². The van der Waals surface area contributed by atoms with Crippen molar-refractivity contribution in [2.45, 2.75) is 0 Å². The van der Waals surface area contributed by atoms with E-state index in [-0.39, 0.29) is 5.78 Å². The fourth-order valence-electron chi connectivity index (χ4n) is 3.03. The summed E-state index contributed by atoms with van der Waals surface area (Å²) in [6, 6.07) is 15.4. The van der Waals surface area contributed by atoms with Gasteiger partial charge in [0.2, 0.25) is 0 Å². The van der Waals surface area contributed by atoms with E-state index in [1.165, 1.54) is 5.69 Å². The largest absolute Gasteiger partial charge is 0.497 e. The molecule has 5 heteroatoms. The van der Waals surface area contributed by atoms with Crippen molar-refractivity contribution >= 4 is 11.5 Å². The predicted octanol–water partition coefficient (Wildman–Crippen LogP) is 2.71. The minimum atomic E-state index is 0.153. The first kappa shape index (κ1) is 17.3.